The zero-order valence-electron chi connectivity index (χ0n) is 27.7. The van der Waals surface area contributed by atoms with Crippen LogP contribution in [0.1, 0.15) is 41.0 Å². The molecule has 1 fully saturated rings. The highest BCUT2D eigenvalue weighted by Crippen LogP contribution is 2.38. The van der Waals surface area contributed by atoms with Gasteiger partial charge in [-0.2, -0.15) is 4.31 Å². The monoisotopic (exact) mass is 668 g/mol. The molecule has 0 aliphatic carbocycles. The molecule has 2 aliphatic rings. The third kappa shape index (κ3) is 8.91. The van der Waals surface area contributed by atoms with Gasteiger partial charge in [-0.3, -0.25) is 0 Å². The molecule has 0 spiro atoms. The lowest BCUT2D eigenvalue weighted by atomic mass is 9.84. The summed E-state index contributed by atoms with van der Waals surface area (Å²) in [4.78, 5) is 2.52. The highest BCUT2D eigenvalue weighted by atomic mass is 32.2. The number of hydrogen-bond donors (Lipinski definition) is 1. The molecule has 1 saturated heterocycles. The maximum Gasteiger partial charge on any atom is 0.243 e. The van der Waals surface area contributed by atoms with Crippen molar-refractivity contribution >= 4 is 15.7 Å². The summed E-state index contributed by atoms with van der Waals surface area (Å²) in [6.45, 7) is 6.56. The number of aliphatic hydroxyl groups is 1. The maximum absolute atomic E-state index is 13.9. The topological polar surface area (TPSA) is 107 Å². The number of piperidine rings is 1. The molecule has 2 aliphatic heterocycles. The minimum atomic E-state index is -3.88. The SMILES string of the molecule is COCCCN1CCOc2ccc(CO[C@H]3CN(S(=O)(=O)c4ccc(C)cc4)[C@H](CO)C[C@@H]3c3ccc(COCCOC)cc3)cc21. The minimum absolute atomic E-state index is 0.116. The Kier molecular flexibility index (Phi) is 12.7. The second-order valence-corrected chi connectivity index (χ2v) is 14.1. The Balaban J connectivity index is 1.38. The average Bonchev–Trinajstić information content (AvgIpc) is 3.09. The van der Waals surface area contributed by atoms with Crippen LogP contribution in [-0.2, 0) is 42.2 Å². The highest BCUT2D eigenvalue weighted by Gasteiger charge is 2.42. The second-order valence-electron chi connectivity index (χ2n) is 12.2. The molecule has 11 heteroatoms. The Bertz CT molecular complexity index is 1520. The molecule has 1 N–H and O–H groups in total. The quantitative estimate of drug-likeness (QED) is 0.221. The van der Waals surface area contributed by atoms with E-state index in [9.17, 15) is 13.5 Å². The second kappa shape index (κ2) is 16.9. The molecule has 3 aromatic carbocycles. The number of fused-ring (bicyclic) bond motifs is 1. The van der Waals surface area contributed by atoms with E-state index in [4.69, 9.17) is 23.7 Å². The third-order valence-corrected chi connectivity index (χ3v) is 10.8. The first kappa shape index (κ1) is 35.3. The van der Waals surface area contributed by atoms with Gasteiger partial charge in [-0.15, -0.1) is 0 Å². The highest BCUT2D eigenvalue weighted by molar-refractivity contribution is 7.89. The van der Waals surface area contributed by atoms with Gasteiger partial charge in [-0.05, 0) is 60.7 Å². The van der Waals surface area contributed by atoms with Gasteiger partial charge < -0.3 is 33.7 Å². The van der Waals surface area contributed by atoms with Gasteiger partial charge in [-0.25, -0.2) is 8.42 Å². The Morgan fingerprint density at radius 1 is 0.915 bits per heavy atom. The number of aliphatic hydroxyl groups excluding tert-OH is 1. The van der Waals surface area contributed by atoms with Gasteiger partial charge in [0.25, 0.3) is 0 Å². The Morgan fingerprint density at radius 3 is 2.38 bits per heavy atom. The molecule has 5 rings (SSSR count). The van der Waals surface area contributed by atoms with E-state index in [-0.39, 0.29) is 24.0 Å². The van der Waals surface area contributed by atoms with E-state index in [0.717, 1.165) is 53.2 Å². The number of nitrogens with zero attached hydrogens (tertiary/aromatic N) is 2. The van der Waals surface area contributed by atoms with E-state index in [1.165, 1.54) is 4.31 Å². The Hall–Kier alpha value is -3.03. The molecule has 0 amide bonds. The van der Waals surface area contributed by atoms with Crippen molar-refractivity contribution in [3.8, 4) is 5.75 Å². The number of aryl methyl sites for hydroxylation is 1. The number of hydrogen-bond acceptors (Lipinski definition) is 9. The molecule has 10 nitrogen and oxygen atoms in total. The lowest BCUT2D eigenvalue weighted by Crippen LogP contribution is -2.53. The molecule has 0 aromatic heterocycles. The van der Waals surface area contributed by atoms with Gasteiger partial charge in [0.05, 0.1) is 56.3 Å². The predicted molar refractivity (Wildman–Crippen MR) is 180 cm³/mol. The summed E-state index contributed by atoms with van der Waals surface area (Å²) in [6, 6.07) is 20.5. The van der Waals surface area contributed by atoms with Crippen molar-refractivity contribution in [2.75, 3.05) is 71.8 Å². The predicted octanol–water partition coefficient (Wildman–Crippen LogP) is 4.52. The maximum atomic E-state index is 13.9. The summed E-state index contributed by atoms with van der Waals surface area (Å²) < 4.78 is 57.9. The van der Waals surface area contributed by atoms with Crippen molar-refractivity contribution in [2.45, 2.75) is 55.9 Å². The van der Waals surface area contributed by atoms with E-state index < -0.39 is 22.2 Å². The molecule has 0 saturated carbocycles. The van der Waals surface area contributed by atoms with Crippen LogP contribution in [0, 0.1) is 6.92 Å². The van der Waals surface area contributed by atoms with Crippen molar-refractivity contribution in [3.63, 3.8) is 0 Å². The molecule has 3 aromatic rings. The van der Waals surface area contributed by atoms with Gasteiger partial charge in [0.15, 0.2) is 0 Å². The molecule has 47 heavy (non-hydrogen) atoms. The van der Waals surface area contributed by atoms with Crippen molar-refractivity contribution < 1.29 is 37.2 Å². The van der Waals surface area contributed by atoms with Gasteiger partial charge in [0.2, 0.25) is 10.0 Å². The van der Waals surface area contributed by atoms with Crippen LogP contribution in [-0.4, -0.2) is 96.9 Å². The Morgan fingerprint density at radius 2 is 1.66 bits per heavy atom. The molecule has 0 radical (unpaired) electrons. The summed E-state index contributed by atoms with van der Waals surface area (Å²) in [5.74, 6) is 0.715. The van der Waals surface area contributed by atoms with Crippen LogP contribution in [0.5, 0.6) is 5.75 Å². The number of methoxy groups -OCH3 is 2. The molecule has 0 bridgehead atoms. The summed E-state index contributed by atoms with van der Waals surface area (Å²) in [5.41, 5.74) is 5.05. The fraction of sp³-hybridized carbons (Fsp3) is 0.500. The number of benzene rings is 3. The van der Waals surface area contributed by atoms with Crippen LogP contribution in [0.2, 0.25) is 0 Å². The third-order valence-electron chi connectivity index (χ3n) is 8.91. The number of rotatable bonds is 16. The zero-order chi connectivity index (χ0) is 33.2. The Labute approximate surface area is 279 Å². The average molecular weight is 669 g/mol. The first-order chi connectivity index (χ1) is 22.8. The molecular weight excluding hydrogens is 620 g/mol. The van der Waals surface area contributed by atoms with Gasteiger partial charge in [0.1, 0.15) is 12.4 Å². The van der Waals surface area contributed by atoms with Crippen molar-refractivity contribution in [1.29, 1.82) is 0 Å². The smallest absolute Gasteiger partial charge is 0.243 e. The largest absolute Gasteiger partial charge is 0.490 e. The lowest BCUT2D eigenvalue weighted by Gasteiger charge is -2.42. The van der Waals surface area contributed by atoms with Crippen LogP contribution < -0.4 is 9.64 Å². The summed E-state index contributed by atoms with van der Waals surface area (Å²) >= 11 is 0. The van der Waals surface area contributed by atoms with Crippen molar-refractivity contribution in [1.82, 2.24) is 4.31 Å². The number of anilines is 1. The fourth-order valence-corrected chi connectivity index (χ4v) is 7.92. The van der Waals surface area contributed by atoms with Crippen LogP contribution in [0.15, 0.2) is 71.6 Å². The van der Waals surface area contributed by atoms with Gasteiger partial charge in [0, 0.05) is 45.9 Å². The zero-order valence-corrected chi connectivity index (χ0v) is 28.5. The van der Waals surface area contributed by atoms with Crippen molar-refractivity contribution in [3.05, 3.63) is 89.0 Å². The van der Waals surface area contributed by atoms with E-state index >= 15 is 0 Å². The minimum Gasteiger partial charge on any atom is -0.490 e. The van der Waals surface area contributed by atoms with Crippen LogP contribution in [0.3, 0.4) is 0 Å². The normalized spacial score (nSPS) is 20.2. The van der Waals surface area contributed by atoms with E-state index in [1.54, 1.807) is 38.5 Å². The van der Waals surface area contributed by atoms with E-state index in [1.807, 2.05) is 31.2 Å². The fourth-order valence-electron chi connectivity index (χ4n) is 6.28. The molecule has 2 heterocycles. The van der Waals surface area contributed by atoms with Gasteiger partial charge in [-0.1, -0.05) is 48.0 Å². The van der Waals surface area contributed by atoms with E-state index in [0.29, 0.717) is 46.1 Å². The van der Waals surface area contributed by atoms with Crippen LogP contribution in [0.25, 0.3) is 0 Å². The van der Waals surface area contributed by atoms with Crippen LogP contribution in [0.4, 0.5) is 5.69 Å². The number of ether oxygens (including phenoxy) is 5. The lowest BCUT2D eigenvalue weighted by molar-refractivity contribution is -0.0268. The van der Waals surface area contributed by atoms with E-state index in [2.05, 4.69) is 23.1 Å². The van der Waals surface area contributed by atoms with Crippen molar-refractivity contribution in [2.24, 2.45) is 0 Å². The summed E-state index contributed by atoms with van der Waals surface area (Å²) in [7, 11) is -0.522. The first-order valence-corrected chi connectivity index (χ1v) is 17.7. The summed E-state index contributed by atoms with van der Waals surface area (Å²) in [5, 5.41) is 10.5. The molecule has 256 valence electrons. The molecule has 0 unspecified atom stereocenters. The molecule has 3 atom stereocenters. The summed E-state index contributed by atoms with van der Waals surface area (Å²) in [6.07, 6.45) is 0.878. The van der Waals surface area contributed by atoms with Crippen LogP contribution >= 0.6 is 0 Å². The molecular formula is C36H48N2O8S. The number of sulfonamides is 1. The first-order valence-electron chi connectivity index (χ1n) is 16.3. The standard InChI is InChI=1S/C36H48N2O8S/c1-27-5-12-32(13-6-27)47(40,41)38-23-36(33(22-31(38)24-39)30-10-7-28(8-11-30)25-44-20-19-43-3)46-26-29-9-14-35-34(21-29)37(16-18-45-35)15-4-17-42-2/h5-14,21,31,33,36,39H,4,15-20,22-26H2,1-3H3/t31-,33+,36-/m0/s1. The van der Waals surface area contributed by atoms with Gasteiger partial charge >= 0.3 is 0 Å².